The number of hydrogen-bond acceptors (Lipinski definition) is 2. The van der Waals surface area contributed by atoms with Gasteiger partial charge >= 0.3 is 0 Å². The van der Waals surface area contributed by atoms with Gasteiger partial charge < -0.3 is 0 Å². The van der Waals surface area contributed by atoms with Crippen molar-refractivity contribution in [3.05, 3.63) is 58.4 Å². The van der Waals surface area contributed by atoms with E-state index in [4.69, 9.17) is 0 Å². The molecule has 190 valence electrons. The first-order chi connectivity index (χ1) is 16.2. The van der Waals surface area contributed by atoms with Crippen molar-refractivity contribution < 1.29 is 13.6 Å². The Hall–Kier alpha value is -2.10. The lowest BCUT2D eigenvalue weighted by atomic mass is 9.80. The molecule has 2 aliphatic carbocycles. The molecule has 2 unspecified atom stereocenters. The molecule has 3 rings (SSSR count). The van der Waals surface area contributed by atoms with Gasteiger partial charge in [-0.15, -0.1) is 0 Å². The zero-order valence-electron chi connectivity index (χ0n) is 22.6. The maximum Gasteiger partial charge on any atom is 0.272 e. The van der Waals surface area contributed by atoms with Crippen LogP contribution >= 0.6 is 0 Å². The molecule has 0 N–H and O–H groups in total. The first-order valence-electron chi connectivity index (χ1n) is 13.2. The second kappa shape index (κ2) is 14.3. The predicted molar refractivity (Wildman–Crippen MR) is 142 cm³/mol. The first kappa shape index (κ1) is 29.9. The molecule has 2 nitrogen and oxygen atoms in total. The van der Waals surface area contributed by atoms with Gasteiger partial charge in [0.2, 0.25) is 0 Å². The number of hydrogen-bond donors (Lipinski definition) is 0. The van der Waals surface area contributed by atoms with Crippen molar-refractivity contribution in [3.63, 3.8) is 0 Å². The average molecular weight is 474 g/mol. The molecule has 0 aromatic heterocycles. The minimum absolute atomic E-state index is 0.0135. The fraction of sp³-hybridized carbons (Fsp3) is 0.600. The second-order valence-corrected chi connectivity index (χ2v) is 9.13. The summed E-state index contributed by atoms with van der Waals surface area (Å²) in [6.45, 7) is 15.4. The van der Waals surface area contributed by atoms with Gasteiger partial charge in [0, 0.05) is 24.8 Å². The van der Waals surface area contributed by atoms with Gasteiger partial charge in [-0.1, -0.05) is 92.0 Å². The average Bonchev–Trinajstić information content (AvgIpc) is 3.46. The topological polar surface area (TPSA) is 29.4 Å². The third-order valence-corrected chi connectivity index (χ3v) is 6.00. The molecule has 0 spiro atoms. The lowest BCUT2D eigenvalue weighted by molar-refractivity contribution is -0.115. The Labute approximate surface area is 206 Å². The number of allylic oxidation sites excluding steroid dienone is 10. The number of rotatable bonds is 9. The van der Waals surface area contributed by atoms with Crippen LogP contribution in [0.15, 0.2) is 63.4 Å². The highest BCUT2D eigenvalue weighted by molar-refractivity contribution is 6.14. The summed E-state index contributed by atoms with van der Waals surface area (Å²) in [6.07, 6.45) is 15.7. The van der Waals surface area contributed by atoms with E-state index in [-0.39, 0.29) is 17.3 Å². The molecular weight excluding hydrogens is 428 g/mol. The molecule has 0 fully saturated rings. The van der Waals surface area contributed by atoms with E-state index in [9.17, 15) is 13.6 Å². The van der Waals surface area contributed by atoms with Gasteiger partial charge in [-0.2, -0.15) is 0 Å². The summed E-state index contributed by atoms with van der Waals surface area (Å²) in [6, 6.07) is 0. The van der Waals surface area contributed by atoms with Crippen molar-refractivity contribution in [2.75, 3.05) is 0 Å². The molecule has 0 aromatic carbocycles. The van der Waals surface area contributed by atoms with Crippen LogP contribution in [0.25, 0.3) is 0 Å². The summed E-state index contributed by atoms with van der Waals surface area (Å²) in [7, 11) is 0. The molecule has 0 saturated heterocycles. The Kier molecular flexibility index (Phi) is 12.6. The number of ketones is 1. The molecule has 3 aliphatic rings. The zero-order chi connectivity index (χ0) is 25.9. The van der Waals surface area contributed by atoms with E-state index in [1.807, 2.05) is 45.1 Å². The van der Waals surface area contributed by atoms with Crippen LogP contribution in [0.3, 0.4) is 0 Å². The molecule has 0 aromatic rings. The highest BCUT2D eigenvalue weighted by Crippen LogP contribution is 2.43. The van der Waals surface area contributed by atoms with Crippen molar-refractivity contribution in [3.8, 4) is 0 Å². The van der Waals surface area contributed by atoms with E-state index in [1.54, 1.807) is 6.08 Å². The summed E-state index contributed by atoms with van der Waals surface area (Å²) in [5.74, 6) is -2.87. The molecule has 34 heavy (non-hydrogen) atoms. The Morgan fingerprint density at radius 3 is 2.29 bits per heavy atom. The molecule has 1 heterocycles. The third-order valence-electron chi connectivity index (χ3n) is 6.00. The summed E-state index contributed by atoms with van der Waals surface area (Å²) in [5, 5.41) is 0. The number of carbonyl (C=O) groups excluding carboxylic acids is 1. The fourth-order valence-corrected chi connectivity index (χ4v) is 4.40. The van der Waals surface area contributed by atoms with E-state index in [0.717, 1.165) is 49.3 Å². The van der Waals surface area contributed by atoms with Crippen molar-refractivity contribution in [1.29, 1.82) is 0 Å². The van der Waals surface area contributed by atoms with Crippen molar-refractivity contribution in [2.45, 2.75) is 106 Å². The summed E-state index contributed by atoms with van der Waals surface area (Å²) < 4.78 is 29.0. The number of aliphatic imine (C=N–C) groups is 1. The van der Waals surface area contributed by atoms with Crippen molar-refractivity contribution in [2.24, 2.45) is 16.8 Å². The normalized spacial score (nSPS) is 19.6. The van der Waals surface area contributed by atoms with Gasteiger partial charge in [-0.3, -0.25) is 4.79 Å². The second-order valence-electron chi connectivity index (χ2n) is 9.13. The molecule has 2 atom stereocenters. The van der Waals surface area contributed by atoms with Gasteiger partial charge in [0.15, 0.2) is 5.78 Å². The van der Waals surface area contributed by atoms with Gasteiger partial charge in [-0.25, -0.2) is 13.8 Å². The maximum atomic E-state index is 14.5. The van der Waals surface area contributed by atoms with Crippen molar-refractivity contribution >= 4 is 11.5 Å². The molecule has 0 bridgehead atoms. The molecular formula is C30H45F2NO. The smallest absolute Gasteiger partial charge is 0.272 e. The number of carbonyl (C=O) groups is 1. The minimum atomic E-state index is -3.01. The predicted octanol–water partition coefficient (Wildman–Crippen LogP) is 9.36. The largest absolute Gasteiger partial charge is 0.292 e. The highest BCUT2D eigenvalue weighted by atomic mass is 19.3. The number of Topliss-reactive ketones (excluding diaryl/α,β-unsaturated/α-hetero) is 1. The third kappa shape index (κ3) is 7.71. The lowest BCUT2D eigenvalue weighted by Gasteiger charge is -2.25. The van der Waals surface area contributed by atoms with Gasteiger partial charge in [0.1, 0.15) is 5.70 Å². The first-order valence-corrected chi connectivity index (χ1v) is 13.2. The highest BCUT2D eigenvalue weighted by Gasteiger charge is 2.42. The van der Waals surface area contributed by atoms with Crippen LogP contribution in [-0.4, -0.2) is 17.4 Å². The van der Waals surface area contributed by atoms with Gasteiger partial charge in [-0.05, 0) is 48.0 Å². The van der Waals surface area contributed by atoms with Gasteiger partial charge in [0.25, 0.3) is 5.92 Å². The number of nitrogens with zero attached hydrogens (tertiary/aromatic N) is 1. The van der Waals surface area contributed by atoms with E-state index >= 15 is 0 Å². The van der Waals surface area contributed by atoms with Crippen LogP contribution in [0.5, 0.6) is 0 Å². The Morgan fingerprint density at radius 1 is 1.15 bits per heavy atom. The van der Waals surface area contributed by atoms with E-state index in [1.165, 1.54) is 6.42 Å². The zero-order valence-corrected chi connectivity index (χ0v) is 22.6. The lowest BCUT2D eigenvalue weighted by Crippen LogP contribution is -2.28. The molecule has 4 heteroatoms. The quantitative estimate of drug-likeness (QED) is 0.328. The number of fused-ring (bicyclic) bond motifs is 1. The fourth-order valence-electron chi connectivity index (χ4n) is 4.40. The Balaban J connectivity index is 0.00000107. The monoisotopic (exact) mass is 473 g/mol. The molecule has 0 amide bonds. The summed E-state index contributed by atoms with van der Waals surface area (Å²) in [4.78, 5) is 17.5. The molecule has 0 saturated carbocycles. The number of alkyl halides is 2. The van der Waals surface area contributed by atoms with Crippen LogP contribution in [0, 0.1) is 11.8 Å². The van der Waals surface area contributed by atoms with Crippen LogP contribution in [-0.2, 0) is 4.79 Å². The standard InChI is InChI=1S/C25H31F2NO.C3H8.C2H6/c1-5-9-16(3)12-13-22(29)24-19(6-2)20-14-18(17-10-7-8-11-17)15-21(23(20)28-24)25(4,26)27;1-3-2;1-2/h7,10-11,14-16,20H,5-6,8-9,12-13H2,1-4H3;3H2,1-2H3;1-2H3. The maximum absolute atomic E-state index is 14.5. The SMILES string of the molecule is CC.CCC.CCCC(C)CCC(=O)C1=C(CC)C2C=C(C3=CCC=C3)C=C(C(C)(F)F)C2=N1. The minimum Gasteiger partial charge on any atom is -0.292 e. The van der Waals surface area contributed by atoms with Crippen LogP contribution < -0.4 is 0 Å². The Morgan fingerprint density at radius 2 is 1.79 bits per heavy atom. The van der Waals surface area contributed by atoms with Crippen LogP contribution in [0.4, 0.5) is 8.78 Å². The van der Waals surface area contributed by atoms with E-state index in [2.05, 4.69) is 32.7 Å². The molecule has 0 radical (unpaired) electrons. The summed E-state index contributed by atoms with van der Waals surface area (Å²) >= 11 is 0. The van der Waals surface area contributed by atoms with Gasteiger partial charge in [0.05, 0.1) is 5.71 Å². The van der Waals surface area contributed by atoms with E-state index in [0.29, 0.717) is 30.2 Å². The summed E-state index contributed by atoms with van der Waals surface area (Å²) in [5.41, 5.74) is 3.35. The molecule has 1 aliphatic heterocycles. The van der Waals surface area contributed by atoms with Crippen LogP contribution in [0.2, 0.25) is 0 Å². The Bertz CT molecular complexity index is 878. The van der Waals surface area contributed by atoms with Crippen molar-refractivity contribution in [1.82, 2.24) is 0 Å². The number of halogens is 2. The van der Waals surface area contributed by atoms with Crippen LogP contribution in [0.1, 0.15) is 100 Å². The van der Waals surface area contributed by atoms with E-state index < -0.39 is 5.92 Å².